The minimum Gasteiger partial charge on any atom is -0.356 e. The normalized spacial score (nSPS) is 16.3. The fourth-order valence-corrected chi connectivity index (χ4v) is 4.85. The van der Waals surface area contributed by atoms with Gasteiger partial charge in [-0.25, -0.2) is 0 Å². The number of hydrogen-bond donors (Lipinski definition) is 2. The lowest BCUT2D eigenvalue weighted by atomic mass is 10.1. The van der Waals surface area contributed by atoms with E-state index in [4.69, 9.17) is 22.2 Å². The number of aromatic nitrogens is 2. The van der Waals surface area contributed by atoms with E-state index in [9.17, 15) is 0 Å². The van der Waals surface area contributed by atoms with Crippen molar-refractivity contribution in [2.45, 2.75) is 45.3 Å². The quantitative estimate of drug-likeness (QED) is 0.520. The zero-order valence-corrected chi connectivity index (χ0v) is 19.8. The van der Waals surface area contributed by atoms with Crippen LogP contribution in [0.4, 0.5) is 17.6 Å². The fourth-order valence-electron chi connectivity index (χ4n) is 4.58. The number of rotatable bonds is 5. The maximum Gasteiger partial charge on any atom is 0.232 e. The molecule has 2 aromatic carbocycles. The third-order valence-electron chi connectivity index (χ3n) is 6.42. The Morgan fingerprint density at radius 3 is 2.12 bits per heavy atom. The first kappa shape index (κ1) is 21.6. The molecule has 0 amide bonds. The van der Waals surface area contributed by atoms with Crippen LogP contribution in [0.25, 0.3) is 0 Å². The maximum absolute atomic E-state index is 5.62. The van der Waals surface area contributed by atoms with Gasteiger partial charge in [0, 0.05) is 32.2 Å². The summed E-state index contributed by atoms with van der Waals surface area (Å²) in [5.41, 5.74) is 3.90. The van der Waals surface area contributed by atoms with Gasteiger partial charge in [0.1, 0.15) is 11.6 Å². The molecular weight excluding hydrogens is 428 g/mol. The van der Waals surface area contributed by atoms with Crippen molar-refractivity contribution in [3.8, 4) is 0 Å². The molecule has 170 valence electrons. The van der Waals surface area contributed by atoms with Crippen molar-refractivity contribution in [1.29, 1.82) is 0 Å². The van der Waals surface area contributed by atoms with Gasteiger partial charge in [-0.3, -0.25) is 0 Å². The van der Waals surface area contributed by atoms with Crippen molar-refractivity contribution in [2.24, 2.45) is 0 Å². The number of piperidine rings is 1. The molecule has 3 aromatic rings. The summed E-state index contributed by atoms with van der Waals surface area (Å²) < 4.78 is 0. The molecule has 0 saturated carbocycles. The lowest BCUT2D eigenvalue weighted by Gasteiger charge is -2.29. The average Bonchev–Trinajstić information content (AvgIpc) is 3.29. The second-order valence-electron chi connectivity index (χ2n) is 8.81. The van der Waals surface area contributed by atoms with Crippen LogP contribution in [0.2, 0.25) is 0 Å². The van der Waals surface area contributed by atoms with Crippen molar-refractivity contribution in [1.82, 2.24) is 15.3 Å². The molecule has 1 fully saturated rings. The molecule has 1 unspecified atom stereocenters. The Morgan fingerprint density at radius 2 is 1.45 bits per heavy atom. The van der Waals surface area contributed by atoms with E-state index in [0.29, 0.717) is 11.1 Å². The summed E-state index contributed by atoms with van der Waals surface area (Å²) in [5.74, 6) is 2.45. The first-order chi connectivity index (χ1) is 16.2. The highest BCUT2D eigenvalue weighted by Crippen LogP contribution is 2.30. The predicted molar refractivity (Wildman–Crippen MR) is 139 cm³/mol. The summed E-state index contributed by atoms with van der Waals surface area (Å²) in [6, 6.07) is 21.1. The summed E-state index contributed by atoms with van der Waals surface area (Å²) in [6.07, 6.45) is 3.68. The number of nitrogens with one attached hydrogen (secondary N) is 2. The van der Waals surface area contributed by atoms with Gasteiger partial charge in [-0.15, -0.1) is 0 Å². The van der Waals surface area contributed by atoms with Crippen molar-refractivity contribution in [2.75, 3.05) is 28.2 Å². The molecule has 2 N–H and O–H groups in total. The van der Waals surface area contributed by atoms with Crippen molar-refractivity contribution < 1.29 is 0 Å². The van der Waals surface area contributed by atoms with E-state index in [2.05, 4.69) is 69.8 Å². The van der Waals surface area contributed by atoms with E-state index in [-0.39, 0.29) is 6.04 Å². The minimum atomic E-state index is 0.0871. The first-order valence-electron chi connectivity index (χ1n) is 11.7. The second-order valence-corrected chi connectivity index (χ2v) is 9.22. The van der Waals surface area contributed by atoms with E-state index >= 15 is 0 Å². The molecule has 0 bridgehead atoms. The Bertz CT molecular complexity index is 1090. The Labute approximate surface area is 201 Å². The van der Waals surface area contributed by atoms with Gasteiger partial charge < -0.3 is 20.4 Å². The van der Waals surface area contributed by atoms with Gasteiger partial charge in [-0.05, 0) is 55.1 Å². The SMILES string of the molecule is CC(NC(=S)Nc1nc(N2CCCCC2)cc(N2Cc3ccccc3C2)n1)c1ccccc1. The highest BCUT2D eigenvalue weighted by Gasteiger charge is 2.23. The fraction of sp³-hybridized carbons (Fsp3) is 0.346. The van der Waals surface area contributed by atoms with Crippen molar-refractivity contribution in [3.63, 3.8) is 0 Å². The molecule has 7 heteroatoms. The number of anilines is 3. The number of benzene rings is 2. The van der Waals surface area contributed by atoms with Crippen LogP contribution in [0.3, 0.4) is 0 Å². The molecule has 2 aliphatic heterocycles. The van der Waals surface area contributed by atoms with Crippen LogP contribution in [0.1, 0.15) is 48.9 Å². The first-order valence-corrected chi connectivity index (χ1v) is 12.1. The molecule has 1 atom stereocenters. The van der Waals surface area contributed by atoms with Gasteiger partial charge in [-0.2, -0.15) is 9.97 Å². The molecular formula is C26H30N6S. The Morgan fingerprint density at radius 1 is 0.848 bits per heavy atom. The van der Waals surface area contributed by atoms with Crippen LogP contribution in [-0.2, 0) is 13.1 Å². The van der Waals surface area contributed by atoms with Crippen LogP contribution >= 0.6 is 12.2 Å². The number of fused-ring (bicyclic) bond motifs is 1. The average molecular weight is 459 g/mol. The third kappa shape index (κ3) is 5.09. The Kier molecular flexibility index (Phi) is 6.39. The second kappa shape index (κ2) is 9.75. The number of nitrogens with zero attached hydrogens (tertiary/aromatic N) is 4. The predicted octanol–water partition coefficient (Wildman–Crippen LogP) is 5.03. The van der Waals surface area contributed by atoms with E-state index in [1.54, 1.807) is 0 Å². The molecule has 0 aliphatic carbocycles. The van der Waals surface area contributed by atoms with E-state index in [0.717, 1.165) is 37.8 Å². The zero-order chi connectivity index (χ0) is 22.6. The highest BCUT2D eigenvalue weighted by molar-refractivity contribution is 7.80. The molecule has 2 aliphatic rings. The van der Waals surface area contributed by atoms with Crippen LogP contribution in [0.15, 0.2) is 60.7 Å². The summed E-state index contributed by atoms with van der Waals surface area (Å²) in [4.78, 5) is 14.4. The van der Waals surface area contributed by atoms with Crippen LogP contribution < -0.4 is 20.4 Å². The van der Waals surface area contributed by atoms with Crippen LogP contribution in [0, 0.1) is 0 Å². The molecule has 5 rings (SSSR count). The van der Waals surface area contributed by atoms with Gasteiger partial charge in [0.05, 0.1) is 6.04 Å². The lowest BCUT2D eigenvalue weighted by Crippen LogP contribution is -2.33. The molecule has 33 heavy (non-hydrogen) atoms. The maximum atomic E-state index is 5.62. The topological polar surface area (TPSA) is 56.3 Å². The van der Waals surface area contributed by atoms with E-state index in [1.165, 1.54) is 36.0 Å². The Balaban J connectivity index is 1.37. The standard InChI is InChI=1S/C26H30N6S/c1-19(20-10-4-2-5-11-20)27-26(33)30-25-28-23(31-14-8-3-9-15-31)16-24(29-25)32-17-21-12-6-7-13-22(21)18-32/h2,4-7,10-13,16,19H,3,8-9,14-15,17-18H2,1H3,(H2,27,28,29,30,33). The van der Waals surface area contributed by atoms with E-state index in [1.807, 2.05) is 18.2 Å². The lowest BCUT2D eigenvalue weighted by molar-refractivity contribution is 0.573. The monoisotopic (exact) mass is 458 g/mol. The molecule has 1 saturated heterocycles. The number of hydrogen-bond acceptors (Lipinski definition) is 5. The molecule has 0 radical (unpaired) electrons. The summed E-state index contributed by atoms with van der Waals surface area (Å²) in [6.45, 7) is 5.88. The van der Waals surface area contributed by atoms with Gasteiger partial charge in [0.25, 0.3) is 0 Å². The van der Waals surface area contributed by atoms with Gasteiger partial charge in [-0.1, -0.05) is 54.6 Å². The van der Waals surface area contributed by atoms with Crippen LogP contribution in [0.5, 0.6) is 0 Å². The minimum absolute atomic E-state index is 0.0871. The molecule has 3 heterocycles. The molecule has 0 spiro atoms. The molecule has 1 aromatic heterocycles. The van der Waals surface area contributed by atoms with E-state index < -0.39 is 0 Å². The highest BCUT2D eigenvalue weighted by atomic mass is 32.1. The molecule has 6 nitrogen and oxygen atoms in total. The van der Waals surface area contributed by atoms with Gasteiger partial charge >= 0.3 is 0 Å². The Hall–Kier alpha value is -3.19. The van der Waals surface area contributed by atoms with Crippen LogP contribution in [-0.4, -0.2) is 28.2 Å². The summed E-state index contributed by atoms with van der Waals surface area (Å²) >= 11 is 5.62. The van der Waals surface area contributed by atoms with Gasteiger partial charge in [0.2, 0.25) is 5.95 Å². The van der Waals surface area contributed by atoms with Crippen molar-refractivity contribution in [3.05, 3.63) is 77.4 Å². The smallest absolute Gasteiger partial charge is 0.232 e. The third-order valence-corrected chi connectivity index (χ3v) is 6.64. The zero-order valence-electron chi connectivity index (χ0n) is 19.0. The summed E-state index contributed by atoms with van der Waals surface area (Å²) in [5, 5.41) is 7.14. The van der Waals surface area contributed by atoms with Gasteiger partial charge in [0.15, 0.2) is 5.11 Å². The largest absolute Gasteiger partial charge is 0.356 e. The van der Waals surface area contributed by atoms with Crippen molar-refractivity contribution >= 4 is 34.9 Å². The summed E-state index contributed by atoms with van der Waals surface area (Å²) in [7, 11) is 0. The number of thiocarbonyl (C=S) groups is 1.